The molecule has 1 aliphatic rings. The lowest BCUT2D eigenvalue weighted by Crippen LogP contribution is -2.46. The van der Waals surface area contributed by atoms with E-state index in [1.165, 1.54) is 26.2 Å². The van der Waals surface area contributed by atoms with Gasteiger partial charge in [0.15, 0.2) is 11.5 Å². The van der Waals surface area contributed by atoms with Crippen molar-refractivity contribution in [2.75, 3.05) is 38.2 Å². The van der Waals surface area contributed by atoms with Gasteiger partial charge in [0.2, 0.25) is 5.91 Å². The van der Waals surface area contributed by atoms with E-state index >= 15 is 0 Å². The Bertz CT molecular complexity index is 1010. The van der Waals surface area contributed by atoms with Crippen molar-refractivity contribution in [3.05, 3.63) is 53.8 Å². The Kier molecular flexibility index (Phi) is 6.47. The summed E-state index contributed by atoms with van der Waals surface area (Å²) in [7, 11) is -1.24. The van der Waals surface area contributed by atoms with Gasteiger partial charge in [-0.3, -0.25) is 4.79 Å². The van der Waals surface area contributed by atoms with Crippen LogP contribution in [0.15, 0.2) is 42.5 Å². The van der Waals surface area contributed by atoms with Gasteiger partial charge >= 0.3 is 10.2 Å². The molecule has 0 spiro atoms. The number of benzene rings is 2. The zero-order valence-corrected chi connectivity index (χ0v) is 17.8. The van der Waals surface area contributed by atoms with Crippen LogP contribution in [-0.4, -0.2) is 52.5 Å². The van der Waals surface area contributed by atoms with Crippen LogP contribution in [0.3, 0.4) is 0 Å². The number of amides is 1. The maximum Gasteiger partial charge on any atom is 0.304 e. The molecule has 0 aromatic heterocycles. The molecule has 2 aromatic rings. The summed E-state index contributed by atoms with van der Waals surface area (Å²) in [6, 6.07) is 9.88. The second kappa shape index (κ2) is 8.88. The number of hydrogen-bond donors (Lipinski definition) is 1. The maximum absolute atomic E-state index is 13.3. The summed E-state index contributed by atoms with van der Waals surface area (Å²) in [5, 5.41) is 2.79. The van der Waals surface area contributed by atoms with Crippen molar-refractivity contribution in [2.45, 2.75) is 13.0 Å². The van der Waals surface area contributed by atoms with E-state index in [-0.39, 0.29) is 5.69 Å². The molecular weight excluding hydrogens is 413 g/mol. The number of carbonyl (C=O) groups excluding carboxylic acids is 1. The van der Waals surface area contributed by atoms with Gasteiger partial charge in [-0.15, -0.1) is 0 Å². The number of nitrogens with zero attached hydrogens (tertiary/aromatic N) is 2. The number of ether oxygens (including phenoxy) is 2. The Morgan fingerprint density at radius 1 is 1.10 bits per heavy atom. The topological polar surface area (TPSA) is 88.2 Å². The number of anilines is 1. The summed E-state index contributed by atoms with van der Waals surface area (Å²) in [5.41, 5.74) is 0.976. The highest BCUT2D eigenvalue weighted by atomic mass is 32.2. The van der Waals surface area contributed by atoms with Gasteiger partial charge in [-0.1, -0.05) is 6.07 Å². The fourth-order valence-electron chi connectivity index (χ4n) is 2.94. The Morgan fingerprint density at radius 2 is 1.73 bits per heavy atom. The molecule has 1 heterocycles. The predicted molar refractivity (Wildman–Crippen MR) is 110 cm³/mol. The van der Waals surface area contributed by atoms with Crippen LogP contribution in [0.2, 0.25) is 0 Å². The molecule has 0 radical (unpaired) electrons. The van der Waals surface area contributed by atoms with Crippen LogP contribution < -0.4 is 19.1 Å². The molecule has 0 saturated carbocycles. The smallest absolute Gasteiger partial charge is 0.304 e. The summed E-state index contributed by atoms with van der Waals surface area (Å²) in [5.74, 6) is 0.232. The first-order valence-electron chi connectivity index (χ1n) is 9.33. The Hall–Kier alpha value is -2.85. The lowest BCUT2D eigenvalue weighted by atomic mass is 10.1. The summed E-state index contributed by atoms with van der Waals surface area (Å²) in [6.07, 6.45) is 0. The van der Waals surface area contributed by atoms with E-state index in [9.17, 15) is 17.6 Å². The first-order valence-corrected chi connectivity index (χ1v) is 10.7. The van der Waals surface area contributed by atoms with Crippen LogP contribution in [-0.2, 0) is 15.0 Å². The molecule has 10 heteroatoms. The van der Waals surface area contributed by atoms with Crippen LogP contribution in [0.25, 0.3) is 0 Å². The molecule has 1 N–H and O–H groups in total. The summed E-state index contributed by atoms with van der Waals surface area (Å²) in [4.78, 5) is 12.7. The quantitative estimate of drug-likeness (QED) is 0.717. The molecule has 2 aromatic carbocycles. The highest BCUT2D eigenvalue weighted by molar-refractivity contribution is 7.90. The molecule has 8 nitrogen and oxygen atoms in total. The van der Waals surface area contributed by atoms with E-state index < -0.39 is 34.5 Å². The van der Waals surface area contributed by atoms with Crippen molar-refractivity contribution < 1.29 is 27.1 Å². The number of halogens is 1. The van der Waals surface area contributed by atoms with E-state index in [0.29, 0.717) is 24.7 Å². The van der Waals surface area contributed by atoms with Crippen LogP contribution in [0.5, 0.6) is 11.5 Å². The minimum atomic E-state index is -3.97. The molecule has 0 saturated heterocycles. The zero-order chi connectivity index (χ0) is 21.9. The molecular formula is C20H24FN3O5S. The van der Waals surface area contributed by atoms with Crippen molar-refractivity contribution in [2.24, 2.45) is 0 Å². The van der Waals surface area contributed by atoms with Crippen LogP contribution in [0, 0.1) is 5.82 Å². The number of fused-ring (bicyclic) bond motifs is 1. The van der Waals surface area contributed by atoms with E-state index in [1.54, 1.807) is 19.1 Å². The van der Waals surface area contributed by atoms with Crippen LogP contribution in [0.1, 0.15) is 18.5 Å². The first kappa shape index (κ1) is 21.8. The van der Waals surface area contributed by atoms with Gasteiger partial charge in [-0.2, -0.15) is 12.7 Å². The Balaban J connectivity index is 1.76. The largest absolute Gasteiger partial charge is 0.486 e. The third kappa shape index (κ3) is 4.82. The minimum absolute atomic E-state index is 0.187. The van der Waals surface area contributed by atoms with Gasteiger partial charge < -0.3 is 14.8 Å². The third-order valence-electron chi connectivity index (χ3n) is 4.59. The second-order valence-electron chi connectivity index (χ2n) is 6.97. The maximum atomic E-state index is 13.3. The second-order valence-corrected chi connectivity index (χ2v) is 9.03. The van der Waals surface area contributed by atoms with E-state index in [2.05, 4.69) is 5.32 Å². The lowest BCUT2D eigenvalue weighted by Gasteiger charge is -2.27. The highest BCUT2D eigenvalue weighted by Gasteiger charge is 2.28. The highest BCUT2D eigenvalue weighted by Crippen LogP contribution is 2.32. The Labute approximate surface area is 175 Å². The van der Waals surface area contributed by atoms with Crippen LogP contribution in [0.4, 0.5) is 10.1 Å². The SMILES string of the molecule is CC(NC(=O)CN(c1ccc(F)cc1)S(=O)(=O)N(C)C)c1ccc2c(c1)OCCO2. The van der Waals surface area contributed by atoms with Crippen molar-refractivity contribution in [3.8, 4) is 11.5 Å². The van der Waals surface area contributed by atoms with Gasteiger partial charge in [0.05, 0.1) is 11.7 Å². The van der Waals surface area contributed by atoms with Gasteiger partial charge in [-0.05, 0) is 48.9 Å². The number of carbonyl (C=O) groups is 1. The first-order chi connectivity index (χ1) is 14.2. The number of hydrogen-bond acceptors (Lipinski definition) is 5. The molecule has 0 fully saturated rings. The molecule has 30 heavy (non-hydrogen) atoms. The number of nitrogens with one attached hydrogen (secondary N) is 1. The zero-order valence-electron chi connectivity index (χ0n) is 17.0. The van der Waals surface area contributed by atoms with Gasteiger partial charge in [0, 0.05) is 14.1 Å². The van der Waals surface area contributed by atoms with Gasteiger partial charge in [0.1, 0.15) is 25.6 Å². The van der Waals surface area contributed by atoms with Crippen molar-refractivity contribution >= 4 is 21.8 Å². The molecule has 1 atom stereocenters. The Morgan fingerprint density at radius 3 is 2.37 bits per heavy atom. The molecule has 1 aliphatic heterocycles. The molecule has 3 rings (SSSR count). The van der Waals surface area contributed by atoms with Crippen molar-refractivity contribution in [3.63, 3.8) is 0 Å². The summed E-state index contributed by atoms with van der Waals surface area (Å²) in [6.45, 7) is 2.26. The standard InChI is InChI=1S/C20H24FN3O5S/c1-14(15-4-9-18-19(12-15)29-11-10-28-18)22-20(25)13-24(30(26,27)23(2)3)17-7-5-16(21)6-8-17/h4-9,12,14H,10-11,13H2,1-3H3,(H,22,25). The minimum Gasteiger partial charge on any atom is -0.486 e. The molecule has 162 valence electrons. The van der Waals surface area contributed by atoms with Gasteiger partial charge in [-0.25, -0.2) is 8.70 Å². The molecule has 1 amide bonds. The fourth-order valence-corrected chi connectivity index (χ4v) is 4.00. The summed E-state index contributed by atoms with van der Waals surface area (Å²) < 4.78 is 51.7. The fraction of sp³-hybridized carbons (Fsp3) is 0.350. The summed E-state index contributed by atoms with van der Waals surface area (Å²) >= 11 is 0. The van der Waals surface area contributed by atoms with E-state index in [4.69, 9.17) is 9.47 Å². The molecule has 0 aliphatic carbocycles. The van der Waals surface area contributed by atoms with E-state index in [0.717, 1.165) is 26.3 Å². The van der Waals surface area contributed by atoms with Crippen molar-refractivity contribution in [1.82, 2.24) is 9.62 Å². The molecule has 1 unspecified atom stereocenters. The lowest BCUT2D eigenvalue weighted by molar-refractivity contribution is -0.120. The van der Waals surface area contributed by atoms with Crippen molar-refractivity contribution in [1.29, 1.82) is 0 Å². The monoisotopic (exact) mass is 437 g/mol. The average molecular weight is 437 g/mol. The average Bonchev–Trinajstić information content (AvgIpc) is 2.72. The third-order valence-corrected chi connectivity index (χ3v) is 6.41. The predicted octanol–water partition coefficient (Wildman–Crippen LogP) is 2.09. The van der Waals surface area contributed by atoms with Crippen LogP contribution >= 0.6 is 0 Å². The van der Waals surface area contributed by atoms with Gasteiger partial charge in [0.25, 0.3) is 0 Å². The number of rotatable bonds is 7. The van der Waals surface area contributed by atoms with E-state index in [1.807, 2.05) is 6.07 Å². The normalized spacial score (nSPS) is 14.3. The molecule has 0 bridgehead atoms.